The van der Waals surface area contributed by atoms with Gasteiger partial charge in [0.15, 0.2) is 5.11 Å². The topological polar surface area (TPSA) is 33.1 Å². The van der Waals surface area contributed by atoms with Gasteiger partial charge in [0.1, 0.15) is 0 Å². The van der Waals surface area contributed by atoms with E-state index in [1.54, 1.807) is 0 Å². The van der Waals surface area contributed by atoms with Crippen LogP contribution in [0, 0.1) is 6.92 Å². The number of aromatic nitrogens is 2. The number of para-hydroxylation sites is 1. The van der Waals surface area contributed by atoms with Crippen molar-refractivity contribution in [3.8, 4) is 5.69 Å². The van der Waals surface area contributed by atoms with Gasteiger partial charge in [-0.3, -0.25) is 4.98 Å². The Morgan fingerprint density at radius 3 is 2.45 bits per heavy atom. The lowest BCUT2D eigenvalue weighted by Gasteiger charge is -2.33. The number of hydrogen-bond acceptors (Lipinski definition) is 2. The van der Waals surface area contributed by atoms with Gasteiger partial charge in [-0.2, -0.15) is 0 Å². The fourth-order valence-electron chi connectivity index (χ4n) is 4.98. The summed E-state index contributed by atoms with van der Waals surface area (Å²) in [5, 5.41) is 4.47. The Balaban J connectivity index is 1.65. The molecule has 3 heterocycles. The minimum absolute atomic E-state index is 0.0427. The van der Waals surface area contributed by atoms with Crippen molar-refractivity contribution in [1.29, 1.82) is 0 Å². The summed E-state index contributed by atoms with van der Waals surface area (Å²) in [5.41, 5.74) is 4.73. The number of thiocarbonyl (C=S) groups is 1. The fraction of sp³-hybridized carbons (Fsp3) is 0.333. The van der Waals surface area contributed by atoms with Crippen LogP contribution in [0.5, 0.6) is 0 Å². The molecule has 0 radical (unpaired) electrons. The maximum Gasteiger partial charge on any atom is 0.170 e. The zero-order valence-corrected chi connectivity index (χ0v) is 17.5. The fourth-order valence-corrected chi connectivity index (χ4v) is 5.37. The van der Waals surface area contributed by atoms with Crippen molar-refractivity contribution < 1.29 is 0 Å². The monoisotopic (exact) mass is 402 g/mol. The summed E-state index contributed by atoms with van der Waals surface area (Å²) < 4.78 is 2.37. The Morgan fingerprint density at radius 1 is 0.966 bits per heavy atom. The molecule has 1 saturated carbocycles. The molecule has 5 heteroatoms. The van der Waals surface area contributed by atoms with Crippen LogP contribution in [0.2, 0.25) is 0 Å². The van der Waals surface area contributed by atoms with E-state index in [4.69, 9.17) is 12.2 Å². The highest BCUT2D eigenvalue weighted by Gasteiger charge is 2.44. The van der Waals surface area contributed by atoms with Gasteiger partial charge in [-0.1, -0.05) is 37.1 Å². The van der Waals surface area contributed by atoms with Crippen molar-refractivity contribution in [1.82, 2.24) is 19.8 Å². The zero-order chi connectivity index (χ0) is 19.8. The van der Waals surface area contributed by atoms with E-state index in [0.717, 1.165) is 10.8 Å². The van der Waals surface area contributed by atoms with E-state index in [9.17, 15) is 0 Å². The quantitative estimate of drug-likeness (QED) is 0.616. The molecule has 1 N–H and O–H groups in total. The van der Waals surface area contributed by atoms with E-state index >= 15 is 0 Å². The maximum atomic E-state index is 5.88. The predicted octanol–water partition coefficient (Wildman–Crippen LogP) is 5.10. The number of rotatable bonds is 4. The predicted molar refractivity (Wildman–Crippen MR) is 120 cm³/mol. The molecule has 1 aliphatic carbocycles. The first kappa shape index (κ1) is 18.4. The van der Waals surface area contributed by atoms with Crippen LogP contribution < -0.4 is 5.32 Å². The van der Waals surface area contributed by atoms with Crippen LogP contribution in [-0.4, -0.2) is 25.6 Å². The molecule has 2 atom stereocenters. The minimum Gasteiger partial charge on any atom is -0.352 e. The van der Waals surface area contributed by atoms with Gasteiger partial charge in [0.2, 0.25) is 0 Å². The van der Waals surface area contributed by atoms with E-state index in [0.29, 0.717) is 6.04 Å². The number of aryl methyl sites for hydroxylation is 1. The summed E-state index contributed by atoms with van der Waals surface area (Å²) >= 11 is 5.88. The highest BCUT2D eigenvalue weighted by molar-refractivity contribution is 7.80. The summed E-state index contributed by atoms with van der Waals surface area (Å²) in [7, 11) is 0. The lowest BCUT2D eigenvalue weighted by molar-refractivity contribution is 0.239. The van der Waals surface area contributed by atoms with Gasteiger partial charge in [-0.05, 0) is 68.4 Å². The summed E-state index contributed by atoms with van der Waals surface area (Å²) in [6, 6.07) is 21.9. The molecule has 0 bridgehead atoms. The smallest absolute Gasteiger partial charge is 0.170 e. The molecule has 4 nitrogen and oxygen atoms in total. The summed E-state index contributed by atoms with van der Waals surface area (Å²) in [4.78, 5) is 7.15. The van der Waals surface area contributed by atoms with Gasteiger partial charge in [0.25, 0.3) is 0 Å². The van der Waals surface area contributed by atoms with Crippen molar-refractivity contribution in [2.24, 2.45) is 0 Å². The Bertz CT molecular complexity index is 992. The van der Waals surface area contributed by atoms with Crippen molar-refractivity contribution in [2.75, 3.05) is 0 Å². The first-order valence-corrected chi connectivity index (χ1v) is 10.9. The Labute approximate surface area is 177 Å². The third-order valence-corrected chi connectivity index (χ3v) is 6.61. The molecule has 0 spiro atoms. The van der Waals surface area contributed by atoms with E-state index in [1.807, 2.05) is 12.3 Å². The molecule has 2 aliphatic rings. The van der Waals surface area contributed by atoms with Crippen molar-refractivity contribution in [3.05, 3.63) is 83.9 Å². The van der Waals surface area contributed by atoms with Crippen molar-refractivity contribution >= 4 is 17.3 Å². The summed E-state index contributed by atoms with van der Waals surface area (Å²) in [6.45, 7) is 2.17. The number of nitrogens with zero attached hydrogens (tertiary/aromatic N) is 3. The Kier molecular flexibility index (Phi) is 4.84. The van der Waals surface area contributed by atoms with Gasteiger partial charge < -0.3 is 14.8 Å². The SMILES string of the molecule is Cc1ccc([C@H]2[C@@H](c3ccccn3)NC(=S)N2C2CCCC2)n1-c1ccccc1. The van der Waals surface area contributed by atoms with E-state index in [1.165, 1.54) is 42.8 Å². The molecule has 2 aromatic heterocycles. The highest BCUT2D eigenvalue weighted by atomic mass is 32.1. The number of pyridine rings is 1. The second-order valence-corrected chi connectivity index (χ2v) is 8.43. The molecular weight excluding hydrogens is 376 g/mol. The number of nitrogens with one attached hydrogen (secondary N) is 1. The number of hydrogen-bond donors (Lipinski definition) is 1. The highest BCUT2D eigenvalue weighted by Crippen LogP contribution is 2.43. The van der Waals surface area contributed by atoms with Crippen LogP contribution >= 0.6 is 12.2 Å². The molecule has 29 heavy (non-hydrogen) atoms. The maximum absolute atomic E-state index is 5.88. The first-order valence-electron chi connectivity index (χ1n) is 10.5. The van der Waals surface area contributed by atoms with Gasteiger partial charge >= 0.3 is 0 Å². The molecule has 1 saturated heterocycles. The molecule has 0 unspecified atom stereocenters. The largest absolute Gasteiger partial charge is 0.352 e. The summed E-state index contributed by atoms with van der Waals surface area (Å²) in [5.74, 6) is 0. The molecule has 0 amide bonds. The molecular formula is C24H26N4S. The first-order chi connectivity index (χ1) is 14.2. The molecule has 3 aromatic rings. The van der Waals surface area contributed by atoms with E-state index < -0.39 is 0 Å². The number of benzene rings is 1. The average Bonchev–Trinajstić information content (AvgIpc) is 3.48. The van der Waals surface area contributed by atoms with Crippen molar-refractivity contribution in [3.63, 3.8) is 0 Å². The van der Waals surface area contributed by atoms with Gasteiger partial charge in [0.05, 0.1) is 17.8 Å². The van der Waals surface area contributed by atoms with Crippen molar-refractivity contribution in [2.45, 2.75) is 50.7 Å². The zero-order valence-electron chi connectivity index (χ0n) is 16.7. The van der Waals surface area contributed by atoms with Gasteiger partial charge in [-0.25, -0.2) is 0 Å². The minimum atomic E-state index is 0.0427. The van der Waals surface area contributed by atoms with Crippen LogP contribution in [0.15, 0.2) is 66.9 Å². The molecule has 1 aromatic carbocycles. The van der Waals surface area contributed by atoms with Crippen LogP contribution in [-0.2, 0) is 0 Å². The normalized spacial score (nSPS) is 22.2. The Hall–Kier alpha value is -2.66. The molecule has 2 fully saturated rings. The molecule has 1 aliphatic heterocycles. The van der Waals surface area contributed by atoms with Crippen LogP contribution in [0.3, 0.4) is 0 Å². The third-order valence-electron chi connectivity index (χ3n) is 6.28. The average molecular weight is 403 g/mol. The third kappa shape index (κ3) is 3.23. The van der Waals surface area contributed by atoms with Gasteiger partial charge in [0, 0.05) is 29.3 Å². The van der Waals surface area contributed by atoms with E-state index in [-0.39, 0.29) is 12.1 Å². The summed E-state index contributed by atoms with van der Waals surface area (Å²) in [6.07, 6.45) is 6.85. The van der Waals surface area contributed by atoms with Crippen LogP contribution in [0.1, 0.15) is 54.8 Å². The second-order valence-electron chi connectivity index (χ2n) is 8.04. The van der Waals surface area contributed by atoms with Gasteiger partial charge in [-0.15, -0.1) is 0 Å². The van der Waals surface area contributed by atoms with Crippen LogP contribution in [0.25, 0.3) is 5.69 Å². The lowest BCUT2D eigenvalue weighted by Crippen LogP contribution is -2.38. The molecule has 148 valence electrons. The Morgan fingerprint density at radius 2 is 1.72 bits per heavy atom. The van der Waals surface area contributed by atoms with Crippen LogP contribution in [0.4, 0.5) is 0 Å². The molecule has 5 rings (SSSR count). The van der Waals surface area contributed by atoms with E-state index in [2.05, 4.69) is 81.3 Å². The lowest BCUT2D eigenvalue weighted by atomic mass is 9.99. The second kappa shape index (κ2) is 7.64. The standard InChI is InChI=1S/C24H26N4S/c1-17-14-15-21(27(17)18-9-3-2-4-10-18)23-22(20-13-7-8-16-25-20)26-24(29)28(23)19-11-5-6-12-19/h2-4,7-10,13-16,19,22-23H,5-6,11-12H2,1H3,(H,26,29)/t22-,23+/m1/s1.